The Bertz CT molecular complexity index is 997. The Morgan fingerprint density at radius 1 is 0.692 bits per heavy atom. The summed E-state index contributed by atoms with van der Waals surface area (Å²) in [5, 5.41) is 4.12. The summed E-state index contributed by atoms with van der Waals surface area (Å²) >= 11 is 3.28. The number of thiophene rings is 2. The van der Waals surface area contributed by atoms with Gasteiger partial charge in [-0.3, -0.25) is 4.79 Å². The number of hydrogen-bond acceptors (Lipinski definition) is 3. The SMILES string of the molecule is O=C(CCc1sccc1-c1ccccc1)c1sccc1-c1ccccc1. The lowest BCUT2D eigenvalue weighted by atomic mass is 10.0. The first-order chi connectivity index (χ1) is 12.8. The summed E-state index contributed by atoms with van der Waals surface area (Å²) in [5.41, 5.74) is 4.63. The summed E-state index contributed by atoms with van der Waals surface area (Å²) in [6.07, 6.45) is 1.33. The Morgan fingerprint density at radius 2 is 1.27 bits per heavy atom. The van der Waals surface area contributed by atoms with Crippen LogP contribution in [0, 0.1) is 0 Å². The minimum Gasteiger partial charge on any atom is -0.293 e. The molecule has 1 nitrogen and oxygen atoms in total. The second-order valence-corrected chi connectivity index (χ2v) is 7.99. The fourth-order valence-electron chi connectivity index (χ4n) is 3.12. The molecule has 0 spiro atoms. The number of rotatable bonds is 6. The third-order valence-electron chi connectivity index (χ3n) is 4.41. The van der Waals surface area contributed by atoms with Crippen LogP contribution in [0.1, 0.15) is 21.0 Å². The average molecular weight is 375 g/mol. The van der Waals surface area contributed by atoms with Crippen LogP contribution in [0.2, 0.25) is 0 Å². The van der Waals surface area contributed by atoms with Gasteiger partial charge >= 0.3 is 0 Å². The van der Waals surface area contributed by atoms with Gasteiger partial charge in [-0.05, 0) is 46.0 Å². The van der Waals surface area contributed by atoms with Gasteiger partial charge < -0.3 is 0 Å². The summed E-state index contributed by atoms with van der Waals surface area (Å²) in [6.45, 7) is 0. The molecule has 0 amide bonds. The fraction of sp³-hybridized carbons (Fsp3) is 0.0870. The molecule has 2 heterocycles. The molecule has 3 heteroatoms. The highest BCUT2D eigenvalue weighted by Gasteiger charge is 2.16. The zero-order valence-corrected chi connectivity index (χ0v) is 15.9. The van der Waals surface area contributed by atoms with Crippen molar-refractivity contribution in [2.24, 2.45) is 0 Å². The van der Waals surface area contributed by atoms with Crippen LogP contribution in [0.15, 0.2) is 83.6 Å². The molecule has 0 saturated carbocycles. The molecule has 26 heavy (non-hydrogen) atoms. The van der Waals surface area contributed by atoms with Crippen molar-refractivity contribution >= 4 is 28.5 Å². The lowest BCUT2D eigenvalue weighted by Crippen LogP contribution is -2.00. The fourth-order valence-corrected chi connectivity index (χ4v) is 4.91. The van der Waals surface area contributed by atoms with Crippen molar-refractivity contribution in [1.29, 1.82) is 0 Å². The van der Waals surface area contributed by atoms with E-state index in [0.717, 1.165) is 22.4 Å². The molecule has 0 fully saturated rings. The number of carbonyl (C=O) groups excluding carboxylic acids is 1. The number of aryl methyl sites for hydroxylation is 1. The Labute approximate surface area is 161 Å². The van der Waals surface area contributed by atoms with Crippen molar-refractivity contribution < 1.29 is 4.79 Å². The summed E-state index contributed by atoms with van der Waals surface area (Å²) < 4.78 is 0. The smallest absolute Gasteiger partial charge is 0.173 e. The number of hydrogen-bond donors (Lipinski definition) is 0. The zero-order chi connectivity index (χ0) is 17.8. The molecule has 0 N–H and O–H groups in total. The first kappa shape index (κ1) is 17.0. The van der Waals surface area contributed by atoms with Gasteiger partial charge in [0.25, 0.3) is 0 Å². The summed E-state index contributed by atoms with van der Waals surface area (Å²) in [5.74, 6) is 0.228. The highest BCUT2D eigenvalue weighted by atomic mass is 32.1. The van der Waals surface area contributed by atoms with Gasteiger partial charge in [-0.1, -0.05) is 60.7 Å². The first-order valence-corrected chi connectivity index (χ1v) is 10.4. The van der Waals surface area contributed by atoms with Crippen molar-refractivity contribution in [2.75, 3.05) is 0 Å². The predicted octanol–water partition coefficient (Wildman–Crippen LogP) is 6.96. The van der Waals surface area contributed by atoms with Crippen LogP contribution in [-0.2, 0) is 6.42 Å². The second kappa shape index (κ2) is 7.81. The topological polar surface area (TPSA) is 17.1 Å². The van der Waals surface area contributed by atoms with Gasteiger partial charge in [0.1, 0.15) is 0 Å². The number of Topliss-reactive ketones (excluding diaryl/α,β-unsaturated/α-hetero) is 1. The molecule has 0 aliphatic heterocycles. The molecule has 0 radical (unpaired) electrons. The summed E-state index contributed by atoms with van der Waals surface area (Å²) in [4.78, 5) is 15.0. The van der Waals surface area contributed by atoms with E-state index in [9.17, 15) is 4.79 Å². The third-order valence-corrected chi connectivity index (χ3v) is 6.35. The molecule has 0 aliphatic carbocycles. The van der Waals surface area contributed by atoms with Gasteiger partial charge in [0.15, 0.2) is 5.78 Å². The van der Waals surface area contributed by atoms with Gasteiger partial charge in [0.05, 0.1) is 4.88 Å². The molecule has 128 valence electrons. The van der Waals surface area contributed by atoms with Crippen molar-refractivity contribution in [3.8, 4) is 22.3 Å². The third kappa shape index (κ3) is 3.55. The van der Waals surface area contributed by atoms with Crippen molar-refractivity contribution in [2.45, 2.75) is 12.8 Å². The van der Waals surface area contributed by atoms with Gasteiger partial charge in [0.2, 0.25) is 0 Å². The lowest BCUT2D eigenvalue weighted by molar-refractivity contribution is 0.0987. The molecule has 2 aromatic heterocycles. The maximum absolute atomic E-state index is 12.9. The number of carbonyl (C=O) groups is 1. The molecule has 0 atom stereocenters. The van der Waals surface area contributed by atoms with E-state index in [2.05, 4.69) is 47.8 Å². The van der Waals surface area contributed by atoms with E-state index in [-0.39, 0.29) is 5.78 Å². The molecule has 2 aromatic carbocycles. The quantitative estimate of drug-likeness (QED) is 0.333. The van der Waals surface area contributed by atoms with Crippen LogP contribution in [0.25, 0.3) is 22.3 Å². The molecular weight excluding hydrogens is 356 g/mol. The maximum atomic E-state index is 12.9. The highest BCUT2D eigenvalue weighted by molar-refractivity contribution is 7.12. The standard InChI is InChI=1S/C23H18OS2/c24-21(23-20(14-16-26-23)18-9-5-2-6-10-18)11-12-22-19(13-15-25-22)17-7-3-1-4-8-17/h1-10,13-16H,11-12H2. The maximum Gasteiger partial charge on any atom is 0.173 e. The predicted molar refractivity (Wildman–Crippen MR) is 112 cm³/mol. The van der Waals surface area contributed by atoms with Crippen LogP contribution in [0.4, 0.5) is 0 Å². The molecule has 4 aromatic rings. The first-order valence-electron chi connectivity index (χ1n) is 8.61. The zero-order valence-electron chi connectivity index (χ0n) is 14.2. The number of benzene rings is 2. The Kier molecular flexibility index (Phi) is 5.09. The minimum absolute atomic E-state index is 0.228. The van der Waals surface area contributed by atoms with Gasteiger partial charge in [-0.2, -0.15) is 0 Å². The lowest BCUT2D eigenvalue weighted by Gasteiger charge is -2.05. The summed E-state index contributed by atoms with van der Waals surface area (Å²) in [6, 6.07) is 24.7. The average Bonchev–Trinajstić information content (AvgIpc) is 3.37. The Hall–Kier alpha value is -2.49. The van der Waals surface area contributed by atoms with Gasteiger partial charge in [-0.15, -0.1) is 22.7 Å². The molecule has 0 bridgehead atoms. The van der Waals surface area contributed by atoms with E-state index in [0.29, 0.717) is 6.42 Å². The molecule has 4 rings (SSSR count). The molecule has 0 unspecified atom stereocenters. The van der Waals surface area contributed by atoms with Crippen LogP contribution < -0.4 is 0 Å². The summed E-state index contributed by atoms with van der Waals surface area (Å²) in [7, 11) is 0. The molecule has 0 saturated heterocycles. The van der Waals surface area contributed by atoms with Crippen molar-refractivity contribution in [3.63, 3.8) is 0 Å². The van der Waals surface area contributed by atoms with Crippen LogP contribution in [0.3, 0.4) is 0 Å². The van der Waals surface area contributed by atoms with Crippen LogP contribution in [0.5, 0.6) is 0 Å². The van der Waals surface area contributed by atoms with Gasteiger partial charge in [0, 0.05) is 16.9 Å². The van der Waals surface area contributed by atoms with E-state index < -0.39 is 0 Å². The van der Waals surface area contributed by atoms with Crippen molar-refractivity contribution in [3.05, 3.63) is 93.3 Å². The Balaban J connectivity index is 1.52. The Morgan fingerprint density at radius 3 is 1.96 bits per heavy atom. The normalized spacial score (nSPS) is 10.8. The van der Waals surface area contributed by atoms with E-state index in [1.165, 1.54) is 16.0 Å². The highest BCUT2D eigenvalue weighted by Crippen LogP contribution is 2.32. The van der Waals surface area contributed by atoms with E-state index in [4.69, 9.17) is 0 Å². The van der Waals surface area contributed by atoms with Crippen LogP contribution >= 0.6 is 22.7 Å². The van der Waals surface area contributed by atoms with E-state index in [1.807, 2.05) is 35.7 Å². The van der Waals surface area contributed by atoms with Crippen LogP contribution in [-0.4, -0.2) is 5.78 Å². The molecule has 0 aliphatic rings. The monoisotopic (exact) mass is 374 g/mol. The minimum atomic E-state index is 0.228. The largest absolute Gasteiger partial charge is 0.293 e. The van der Waals surface area contributed by atoms with E-state index in [1.54, 1.807) is 22.7 Å². The second-order valence-electron chi connectivity index (χ2n) is 6.08. The molecular formula is C23H18OS2. The van der Waals surface area contributed by atoms with E-state index >= 15 is 0 Å². The number of ketones is 1. The van der Waals surface area contributed by atoms with Crippen molar-refractivity contribution in [1.82, 2.24) is 0 Å². The van der Waals surface area contributed by atoms with Gasteiger partial charge in [-0.25, -0.2) is 0 Å².